The molecule has 0 fully saturated rings. The molecule has 3 N–H and O–H groups in total. The van der Waals surface area contributed by atoms with Crippen LogP contribution in [0.2, 0.25) is 0 Å². The molecule has 0 aliphatic heterocycles. The van der Waals surface area contributed by atoms with Crippen molar-refractivity contribution in [3.63, 3.8) is 0 Å². The van der Waals surface area contributed by atoms with Gasteiger partial charge in [-0.05, 0) is 19.1 Å². The molecule has 100 valence electrons. The summed E-state index contributed by atoms with van der Waals surface area (Å²) in [5.41, 5.74) is 7.23. The highest BCUT2D eigenvalue weighted by molar-refractivity contribution is 5.99. The lowest BCUT2D eigenvalue weighted by Gasteiger charge is -2.07. The number of rotatable bonds is 4. The van der Waals surface area contributed by atoms with E-state index in [4.69, 9.17) is 15.0 Å². The minimum atomic E-state index is -0.263. The minimum absolute atomic E-state index is 0.263. The van der Waals surface area contributed by atoms with E-state index in [1.54, 1.807) is 38.3 Å². The second kappa shape index (κ2) is 5.43. The first kappa shape index (κ1) is 12.9. The topological polar surface area (TPSA) is 90.4 Å². The maximum Gasteiger partial charge on any atom is 0.253 e. The zero-order valence-electron chi connectivity index (χ0n) is 10.8. The van der Waals surface area contributed by atoms with Crippen LogP contribution in [-0.4, -0.2) is 18.2 Å². The Morgan fingerprint density at radius 3 is 2.84 bits per heavy atom. The first-order chi connectivity index (χ1) is 9.10. The van der Waals surface area contributed by atoms with E-state index in [0.29, 0.717) is 35.0 Å². The number of ether oxygens (including phenoxy) is 1. The number of amides is 1. The molecular formula is C13H15N3O3. The fraction of sp³-hybridized carbons (Fsp3) is 0.231. The molecule has 0 radical (unpaired) electrons. The highest BCUT2D eigenvalue weighted by Gasteiger charge is 2.11. The minimum Gasteiger partial charge on any atom is -0.497 e. The van der Waals surface area contributed by atoms with Crippen LogP contribution in [0.4, 0.5) is 5.69 Å². The van der Waals surface area contributed by atoms with Gasteiger partial charge in [-0.15, -0.1) is 0 Å². The number of aromatic nitrogens is 1. The summed E-state index contributed by atoms with van der Waals surface area (Å²) in [6.45, 7) is 2.08. The molecule has 0 unspecified atom stereocenters. The highest BCUT2D eigenvalue weighted by Crippen LogP contribution is 2.19. The lowest BCUT2D eigenvalue weighted by Crippen LogP contribution is -2.23. The molecule has 0 bridgehead atoms. The van der Waals surface area contributed by atoms with Gasteiger partial charge < -0.3 is 20.3 Å². The van der Waals surface area contributed by atoms with E-state index in [0.717, 1.165) is 0 Å². The van der Waals surface area contributed by atoms with Gasteiger partial charge in [-0.25, -0.2) is 0 Å². The highest BCUT2D eigenvalue weighted by atomic mass is 16.5. The third-order valence-electron chi connectivity index (χ3n) is 2.61. The average Bonchev–Trinajstić information content (AvgIpc) is 2.81. The normalized spacial score (nSPS) is 10.2. The smallest absolute Gasteiger partial charge is 0.253 e. The van der Waals surface area contributed by atoms with Gasteiger partial charge in [-0.2, -0.15) is 0 Å². The van der Waals surface area contributed by atoms with Gasteiger partial charge in [0, 0.05) is 17.8 Å². The van der Waals surface area contributed by atoms with Crippen molar-refractivity contribution < 1.29 is 14.1 Å². The Bertz CT molecular complexity index is 593. The maximum absolute atomic E-state index is 12.0. The molecule has 0 saturated heterocycles. The molecule has 6 heteroatoms. The molecule has 1 heterocycles. The van der Waals surface area contributed by atoms with Crippen molar-refractivity contribution >= 4 is 11.6 Å². The number of carbonyl (C=O) groups is 1. The van der Waals surface area contributed by atoms with Crippen LogP contribution in [0.5, 0.6) is 5.75 Å². The number of nitrogen functional groups attached to an aromatic ring is 1. The predicted molar refractivity (Wildman–Crippen MR) is 69.8 cm³/mol. The van der Waals surface area contributed by atoms with Crippen LogP contribution in [0.25, 0.3) is 0 Å². The largest absolute Gasteiger partial charge is 0.497 e. The van der Waals surface area contributed by atoms with Crippen LogP contribution >= 0.6 is 0 Å². The van der Waals surface area contributed by atoms with E-state index in [2.05, 4.69) is 10.5 Å². The Morgan fingerprint density at radius 2 is 2.26 bits per heavy atom. The summed E-state index contributed by atoms with van der Waals surface area (Å²) in [5.74, 6) is 1.05. The number of nitrogens with two attached hydrogens (primary N) is 1. The van der Waals surface area contributed by atoms with E-state index in [1.165, 1.54) is 0 Å². The van der Waals surface area contributed by atoms with Gasteiger partial charge in [0.2, 0.25) is 0 Å². The molecule has 6 nitrogen and oxygen atoms in total. The zero-order chi connectivity index (χ0) is 13.8. The van der Waals surface area contributed by atoms with Crippen molar-refractivity contribution in [3.05, 3.63) is 41.3 Å². The second-order valence-electron chi connectivity index (χ2n) is 4.06. The van der Waals surface area contributed by atoms with Crippen LogP contribution < -0.4 is 15.8 Å². The van der Waals surface area contributed by atoms with Gasteiger partial charge >= 0.3 is 0 Å². The van der Waals surface area contributed by atoms with Crippen LogP contribution in [0, 0.1) is 6.92 Å². The summed E-state index contributed by atoms with van der Waals surface area (Å²) in [6, 6.07) is 6.68. The zero-order valence-corrected chi connectivity index (χ0v) is 10.8. The summed E-state index contributed by atoms with van der Waals surface area (Å²) in [7, 11) is 1.54. The third-order valence-corrected chi connectivity index (χ3v) is 2.61. The molecule has 19 heavy (non-hydrogen) atoms. The fourth-order valence-electron chi connectivity index (χ4n) is 1.64. The Labute approximate surface area is 110 Å². The molecule has 2 rings (SSSR count). The number of anilines is 1. The Hall–Kier alpha value is -2.50. The maximum atomic E-state index is 12.0. The standard InChI is InChI=1S/C13H15N3O3/c1-8-5-9(16-19-8)7-15-13(17)11-4-3-10(18-2)6-12(11)14/h3-6H,7,14H2,1-2H3,(H,15,17). The molecule has 0 aliphatic carbocycles. The van der Waals surface area contributed by atoms with Gasteiger partial charge in [-0.3, -0.25) is 4.79 Å². The molecule has 0 saturated carbocycles. The Kier molecular flexibility index (Phi) is 3.70. The number of nitrogens with zero attached hydrogens (tertiary/aromatic N) is 1. The number of nitrogens with one attached hydrogen (secondary N) is 1. The monoisotopic (exact) mass is 261 g/mol. The van der Waals surface area contributed by atoms with E-state index >= 15 is 0 Å². The average molecular weight is 261 g/mol. The van der Waals surface area contributed by atoms with Crippen molar-refractivity contribution in [2.45, 2.75) is 13.5 Å². The van der Waals surface area contributed by atoms with E-state index in [1.807, 2.05) is 0 Å². The lowest BCUT2D eigenvalue weighted by molar-refractivity contribution is 0.0951. The Balaban J connectivity index is 2.03. The number of hydrogen-bond donors (Lipinski definition) is 2. The molecule has 1 aromatic carbocycles. The molecule has 0 aliphatic rings. The Morgan fingerprint density at radius 1 is 1.47 bits per heavy atom. The summed E-state index contributed by atoms with van der Waals surface area (Å²) in [5, 5.41) is 6.51. The molecular weight excluding hydrogens is 246 g/mol. The van der Waals surface area contributed by atoms with Crippen molar-refractivity contribution in [1.29, 1.82) is 0 Å². The number of aryl methyl sites for hydroxylation is 1. The molecule has 1 amide bonds. The quantitative estimate of drug-likeness (QED) is 0.814. The van der Waals surface area contributed by atoms with Crippen LogP contribution in [0.1, 0.15) is 21.8 Å². The molecule has 0 spiro atoms. The van der Waals surface area contributed by atoms with Gasteiger partial charge in [0.1, 0.15) is 17.2 Å². The summed E-state index contributed by atoms with van der Waals surface area (Å²) >= 11 is 0. The van der Waals surface area contributed by atoms with Gasteiger partial charge in [0.05, 0.1) is 19.2 Å². The predicted octanol–water partition coefficient (Wildman–Crippen LogP) is 1.50. The van der Waals surface area contributed by atoms with Crippen LogP contribution in [0.15, 0.2) is 28.8 Å². The van der Waals surface area contributed by atoms with Gasteiger partial charge in [-0.1, -0.05) is 5.16 Å². The summed E-state index contributed by atoms with van der Waals surface area (Å²) in [6.07, 6.45) is 0. The second-order valence-corrected chi connectivity index (χ2v) is 4.06. The molecule has 2 aromatic rings. The number of benzene rings is 1. The van der Waals surface area contributed by atoms with Gasteiger partial charge in [0.15, 0.2) is 0 Å². The van der Waals surface area contributed by atoms with Crippen LogP contribution in [-0.2, 0) is 6.54 Å². The number of methoxy groups -OCH3 is 1. The van der Waals surface area contributed by atoms with Crippen molar-refractivity contribution in [3.8, 4) is 5.75 Å². The molecule has 1 aromatic heterocycles. The van der Waals surface area contributed by atoms with E-state index in [-0.39, 0.29) is 5.91 Å². The van der Waals surface area contributed by atoms with Crippen molar-refractivity contribution in [1.82, 2.24) is 10.5 Å². The van der Waals surface area contributed by atoms with Crippen molar-refractivity contribution in [2.24, 2.45) is 0 Å². The van der Waals surface area contributed by atoms with Crippen molar-refractivity contribution in [2.75, 3.05) is 12.8 Å². The lowest BCUT2D eigenvalue weighted by atomic mass is 10.1. The SMILES string of the molecule is COc1ccc(C(=O)NCc2cc(C)on2)c(N)c1. The third kappa shape index (κ3) is 3.04. The number of carbonyl (C=O) groups excluding carboxylic acids is 1. The fourth-order valence-corrected chi connectivity index (χ4v) is 1.64. The van der Waals surface area contributed by atoms with Crippen LogP contribution in [0.3, 0.4) is 0 Å². The first-order valence-corrected chi connectivity index (χ1v) is 5.74. The molecule has 0 atom stereocenters. The van der Waals surface area contributed by atoms with E-state index < -0.39 is 0 Å². The number of hydrogen-bond acceptors (Lipinski definition) is 5. The van der Waals surface area contributed by atoms with Gasteiger partial charge in [0.25, 0.3) is 5.91 Å². The summed E-state index contributed by atoms with van der Waals surface area (Å²) < 4.78 is 9.94. The summed E-state index contributed by atoms with van der Waals surface area (Å²) in [4.78, 5) is 12.0. The first-order valence-electron chi connectivity index (χ1n) is 5.74. The van der Waals surface area contributed by atoms with E-state index in [9.17, 15) is 4.79 Å².